The molecule has 0 aromatic carbocycles. The fourth-order valence-electron chi connectivity index (χ4n) is 1.77. The molecule has 90 valence electrons. The van der Waals surface area contributed by atoms with Crippen molar-refractivity contribution in [1.29, 1.82) is 5.26 Å². The van der Waals surface area contributed by atoms with Crippen LogP contribution in [0.15, 0.2) is 0 Å². The first-order chi connectivity index (χ1) is 7.74. The van der Waals surface area contributed by atoms with E-state index in [1.165, 1.54) is 25.7 Å². The Morgan fingerprint density at radius 2 is 1.75 bits per heavy atom. The van der Waals surface area contributed by atoms with E-state index in [4.69, 9.17) is 5.26 Å². The number of nitrogens with zero attached hydrogens (tertiary/aromatic N) is 1. The van der Waals surface area contributed by atoms with Crippen LogP contribution in [0.3, 0.4) is 0 Å². The monoisotopic (exact) mass is 219 g/mol. The Hall–Kier alpha value is -0.950. The minimum Gasteiger partial charge on any atom is -0.198 e. The summed E-state index contributed by atoms with van der Waals surface area (Å²) in [5, 5.41) is 8.92. The van der Waals surface area contributed by atoms with Gasteiger partial charge in [0, 0.05) is 11.8 Å². The van der Waals surface area contributed by atoms with Crippen molar-refractivity contribution in [3.05, 3.63) is 0 Å². The highest BCUT2D eigenvalue weighted by molar-refractivity contribution is 5.14. The van der Waals surface area contributed by atoms with Crippen molar-refractivity contribution >= 4 is 0 Å². The molecule has 1 atom stereocenters. The van der Waals surface area contributed by atoms with Crippen LogP contribution in [-0.4, -0.2) is 0 Å². The van der Waals surface area contributed by atoms with Crippen molar-refractivity contribution < 1.29 is 0 Å². The third kappa shape index (κ3) is 5.82. The Balaban J connectivity index is 4.47. The molecule has 0 saturated carbocycles. The first-order valence-corrected chi connectivity index (χ1v) is 6.61. The minimum absolute atomic E-state index is 0.0293. The average molecular weight is 219 g/mol. The molecule has 0 aliphatic heterocycles. The fourth-order valence-corrected chi connectivity index (χ4v) is 1.77. The Morgan fingerprint density at radius 1 is 1.06 bits per heavy atom. The van der Waals surface area contributed by atoms with Gasteiger partial charge < -0.3 is 0 Å². The number of rotatable bonds is 7. The molecule has 0 bridgehead atoms. The van der Waals surface area contributed by atoms with Crippen LogP contribution < -0.4 is 0 Å². The van der Waals surface area contributed by atoms with Crippen LogP contribution in [0.25, 0.3) is 0 Å². The largest absolute Gasteiger partial charge is 0.198 e. The van der Waals surface area contributed by atoms with Crippen LogP contribution in [0.4, 0.5) is 0 Å². The second-order valence-corrected chi connectivity index (χ2v) is 4.48. The van der Waals surface area contributed by atoms with Crippen LogP contribution in [-0.2, 0) is 0 Å². The van der Waals surface area contributed by atoms with Gasteiger partial charge in [-0.3, -0.25) is 0 Å². The number of hydrogen-bond acceptors (Lipinski definition) is 1. The molecule has 0 aromatic rings. The molecule has 0 aromatic heterocycles. The Labute approximate surface area is 101 Å². The second kappa shape index (κ2) is 9.29. The van der Waals surface area contributed by atoms with E-state index >= 15 is 0 Å². The topological polar surface area (TPSA) is 23.8 Å². The van der Waals surface area contributed by atoms with Gasteiger partial charge in [0.2, 0.25) is 0 Å². The van der Waals surface area contributed by atoms with Gasteiger partial charge in [0.1, 0.15) is 0 Å². The van der Waals surface area contributed by atoms with E-state index < -0.39 is 0 Å². The van der Waals surface area contributed by atoms with Crippen molar-refractivity contribution in [3.8, 4) is 17.9 Å². The summed E-state index contributed by atoms with van der Waals surface area (Å²) in [5.74, 6) is 6.65. The van der Waals surface area contributed by atoms with E-state index in [0.29, 0.717) is 6.42 Å². The molecule has 1 heteroatoms. The summed E-state index contributed by atoms with van der Waals surface area (Å²) < 4.78 is 0. The van der Waals surface area contributed by atoms with E-state index in [2.05, 4.69) is 38.7 Å². The van der Waals surface area contributed by atoms with E-state index in [9.17, 15) is 0 Å². The molecule has 0 aliphatic rings. The fraction of sp³-hybridized carbons (Fsp3) is 0.800. The van der Waals surface area contributed by atoms with Gasteiger partial charge in [-0.05, 0) is 19.3 Å². The molecule has 0 aliphatic carbocycles. The third-order valence-electron chi connectivity index (χ3n) is 3.11. The second-order valence-electron chi connectivity index (χ2n) is 4.48. The van der Waals surface area contributed by atoms with Crippen LogP contribution >= 0.6 is 0 Å². The molecule has 0 heterocycles. The van der Waals surface area contributed by atoms with Gasteiger partial charge in [-0.15, -0.1) is 5.92 Å². The predicted octanol–water partition coefficient (Wildman–Crippen LogP) is 4.68. The summed E-state index contributed by atoms with van der Waals surface area (Å²) >= 11 is 0. The zero-order chi connectivity index (χ0) is 12.3. The zero-order valence-corrected chi connectivity index (χ0v) is 11.1. The Morgan fingerprint density at radius 3 is 2.25 bits per heavy atom. The molecule has 0 unspecified atom stereocenters. The smallest absolute Gasteiger partial charge is 0.0637 e. The molecule has 0 amide bonds. The first kappa shape index (κ1) is 15.0. The molecule has 0 N–H and O–H groups in total. The molecule has 0 fully saturated rings. The van der Waals surface area contributed by atoms with Crippen molar-refractivity contribution in [2.75, 3.05) is 0 Å². The molecule has 1 nitrogen and oxygen atoms in total. The lowest BCUT2D eigenvalue weighted by atomic mass is 9.78. The SMILES string of the molecule is CCCCC#C[C@](CC)(CC#N)CCCC. The zero-order valence-electron chi connectivity index (χ0n) is 11.1. The van der Waals surface area contributed by atoms with Crippen LogP contribution in [0.5, 0.6) is 0 Å². The van der Waals surface area contributed by atoms with Gasteiger partial charge in [0.15, 0.2) is 0 Å². The summed E-state index contributed by atoms with van der Waals surface area (Å²) in [4.78, 5) is 0. The maximum absolute atomic E-state index is 8.92. The first-order valence-electron chi connectivity index (χ1n) is 6.61. The van der Waals surface area contributed by atoms with Gasteiger partial charge in [-0.25, -0.2) is 0 Å². The summed E-state index contributed by atoms with van der Waals surface area (Å²) in [5.41, 5.74) is -0.0293. The predicted molar refractivity (Wildman–Crippen MR) is 69.8 cm³/mol. The van der Waals surface area contributed by atoms with Gasteiger partial charge in [-0.1, -0.05) is 46.0 Å². The van der Waals surface area contributed by atoms with Crippen molar-refractivity contribution in [2.24, 2.45) is 5.41 Å². The van der Waals surface area contributed by atoms with E-state index in [1.807, 2.05) is 0 Å². The number of nitriles is 1. The Bertz CT molecular complexity index is 263. The normalized spacial score (nSPS) is 13.4. The standard InChI is InChI=1S/C15H25N/c1-4-7-9-10-12-15(6-3,13-14-16)11-8-5-2/h4-9,11,13H2,1-3H3/t15-/m1/s1. The van der Waals surface area contributed by atoms with Crippen LogP contribution in [0.2, 0.25) is 0 Å². The van der Waals surface area contributed by atoms with Crippen LogP contribution in [0, 0.1) is 28.6 Å². The minimum atomic E-state index is -0.0293. The van der Waals surface area contributed by atoms with Gasteiger partial charge in [0.05, 0.1) is 12.5 Å². The molecular formula is C15H25N. The highest BCUT2D eigenvalue weighted by Gasteiger charge is 2.24. The van der Waals surface area contributed by atoms with Crippen molar-refractivity contribution in [3.63, 3.8) is 0 Å². The maximum atomic E-state index is 8.92. The molecule has 0 saturated heterocycles. The lowest BCUT2D eigenvalue weighted by Crippen LogP contribution is -2.16. The molecule has 0 rings (SSSR count). The third-order valence-corrected chi connectivity index (χ3v) is 3.11. The lowest BCUT2D eigenvalue weighted by molar-refractivity contribution is 0.350. The Kier molecular flexibility index (Phi) is 8.74. The summed E-state index contributed by atoms with van der Waals surface area (Å²) in [6, 6.07) is 2.31. The van der Waals surface area contributed by atoms with Crippen molar-refractivity contribution in [2.45, 2.75) is 72.1 Å². The quantitative estimate of drug-likeness (QED) is 0.450. The van der Waals surface area contributed by atoms with Gasteiger partial charge >= 0.3 is 0 Å². The number of hydrogen-bond donors (Lipinski definition) is 0. The molecular weight excluding hydrogens is 194 g/mol. The molecule has 0 radical (unpaired) electrons. The lowest BCUT2D eigenvalue weighted by Gasteiger charge is -2.23. The molecule has 16 heavy (non-hydrogen) atoms. The summed E-state index contributed by atoms with van der Waals surface area (Å²) in [7, 11) is 0. The van der Waals surface area contributed by atoms with Gasteiger partial charge in [-0.2, -0.15) is 5.26 Å². The van der Waals surface area contributed by atoms with Gasteiger partial charge in [0.25, 0.3) is 0 Å². The molecule has 0 spiro atoms. The highest BCUT2D eigenvalue weighted by Crippen LogP contribution is 2.31. The summed E-state index contributed by atoms with van der Waals surface area (Å²) in [6.07, 6.45) is 8.38. The van der Waals surface area contributed by atoms with Crippen LogP contribution in [0.1, 0.15) is 72.1 Å². The summed E-state index contributed by atoms with van der Waals surface area (Å²) in [6.45, 7) is 6.53. The van der Waals surface area contributed by atoms with E-state index in [1.54, 1.807) is 0 Å². The average Bonchev–Trinajstić information content (AvgIpc) is 2.31. The van der Waals surface area contributed by atoms with E-state index in [-0.39, 0.29) is 5.41 Å². The maximum Gasteiger partial charge on any atom is 0.0637 e. The van der Waals surface area contributed by atoms with E-state index in [0.717, 1.165) is 19.3 Å². The van der Waals surface area contributed by atoms with Crippen molar-refractivity contribution in [1.82, 2.24) is 0 Å². The highest BCUT2D eigenvalue weighted by atomic mass is 14.3. The number of unbranched alkanes of at least 4 members (excludes halogenated alkanes) is 3.